The second-order valence-corrected chi connectivity index (χ2v) is 5.49. The number of hydrogen-bond acceptors (Lipinski definition) is 2. The second-order valence-electron chi connectivity index (χ2n) is 5.49. The van der Waals surface area contributed by atoms with Crippen LogP contribution in [-0.2, 0) is 4.79 Å². The minimum atomic E-state index is 0.0146. The van der Waals surface area contributed by atoms with Gasteiger partial charge in [-0.1, -0.05) is 0 Å². The molecule has 0 spiro atoms. The van der Waals surface area contributed by atoms with E-state index in [1.807, 2.05) is 9.80 Å². The first-order valence-electron chi connectivity index (χ1n) is 6.84. The highest BCUT2D eigenvalue weighted by atomic mass is 16.2. The van der Waals surface area contributed by atoms with E-state index in [1.165, 1.54) is 0 Å². The van der Waals surface area contributed by atoms with E-state index < -0.39 is 0 Å². The number of nitrogens with zero attached hydrogens (tertiary/aromatic N) is 3. The van der Waals surface area contributed by atoms with Gasteiger partial charge in [-0.15, -0.1) is 0 Å². The van der Waals surface area contributed by atoms with Crippen molar-refractivity contribution in [2.24, 2.45) is 5.92 Å². The molecule has 5 heteroatoms. The van der Waals surface area contributed by atoms with Gasteiger partial charge in [0.2, 0.25) is 5.91 Å². The first-order valence-corrected chi connectivity index (χ1v) is 6.84. The summed E-state index contributed by atoms with van der Waals surface area (Å²) < 4.78 is 0. The van der Waals surface area contributed by atoms with E-state index >= 15 is 0 Å². The first kappa shape index (κ1) is 13.2. The molecule has 1 unspecified atom stereocenters. The molecule has 2 heterocycles. The van der Waals surface area contributed by atoms with E-state index in [0.29, 0.717) is 6.54 Å². The largest absolute Gasteiger partial charge is 0.342 e. The third-order valence-electron chi connectivity index (χ3n) is 3.84. The Hall–Kier alpha value is -1.26. The number of urea groups is 1. The molecule has 2 saturated heterocycles. The monoisotopic (exact) mass is 253 g/mol. The van der Waals surface area contributed by atoms with Gasteiger partial charge in [-0.3, -0.25) is 4.79 Å². The van der Waals surface area contributed by atoms with Crippen molar-refractivity contribution >= 4 is 11.9 Å². The molecule has 2 rings (SSSR count). The number of hydrogen-bond donors (Lipinski definition) is 0. The standard InChI is InChI=1S/C13H23N3O2/c1-14(2)13(18)16-9-5-6-11(10-16)12(17)15-7-3-4-8-15/h11H,3-10H2,1-2H3. The molecule has 5 nitrogen and oxygen atoms in total. The lowest BCUT2D eigenvalue weighted by molar-refractivity contribution is -0.135. The minimum Gasteiger partial charge on any atom is -0.342 e. The van der Waals surface area contributed by atoms with Gasteiger partial charge in [-0.25, -0.2) is 4.79 Å². The Morgan fingerprint density at radius 2 is 1.61 bits per heavy atom. The SMILES string of the molecule is CN(C)C(=O)N1CCCC(C(=O)N2CCCC2)C1. The molecular weight excluding hydrogens is 230 g/mol. The third-order valence-corrected chi connectivity index (χ3v) is 3.84. The van der Waals surface area contributed by atoms with E-state index in [-0.39, 0.29) is 17.9 Å². The number of carbonyl (C=O) groups excluding carboxylic acids is 2. The van der Waals surface area contributed by atoms with Gasteiger partial charge >= 0.3 is 6.03 Å². The molecule has 102 valence electrons. The Balaban J connectivity index is 1.93. The zero-order valence-corrected chi connectivity index (χ0v) is 11.4. The summed E-state index contributed by atoms with van der Waals surface area (Å²) >= 11 is 0. The molecule has 0 aliphatic carbocycles. The van der Waals surface area contributed by atoms with Crippen molar-refractivity contribution in [2.75, 3.05) is 40.3 Å². The van der Waals surface area contributed by atoms with Gasteiger partial charge in [-0.05, 0) is 25.7 Å². The lowest BCUT2D eigenvalue weighted by atomic mass is 9.97. The molecule has 0 aromatic carbocycles. The van der Waals surface area contributed by atoms with Crippen molar-refractivity contribution in [3.63, 3.8) is 0 Å². The molecule has 0 aromatic rings. The van der Waals surface area contributed by atoms with Crippen LogP contribution < -0.4 is 0 Å². The summed E-state index contributed by atoms with van der Waals surface area (Å²) in [5.74, 6) is 0.268. The number of piperidine rings is 1. The van der Waals surface area contributed by atoms with Crippen LogP contribution in [0.15, 0.2) is 0 Å². The fourth-order valence-electron chi connectivity index (χ4n) is 2.83. The number of likely N-dealkylation sites (tertiary alicyclic amines) is 2. The van der Waals surface area contributed by atoms with Crippen molar-refractivity contribution in [3.05, 3.63) is 0 Å². The molecular formula is C13H23N3O2. The Morgan fingerprint density at radius 1 is 1.00 bits per heavy atom. The van der Waals surface area contributed by atoms with Crippen LogP contribution >= 0.6 is 0 Å². The number of carbonyl (C=O) groups is 2. The fourth-order valence-corrected chi connectivity index (χ4v) is 2.83. The molecule has 3 amide bonds. The van der Waals surface area contributed by atoms with Crippen LogP contribution in [0, 0.1) is 5.92 Å². The van der Waals surface area contributed by atoms with Crippen LogP contribution in [0.3, 0.4) is 0 Å². The van der Waals surface area contributed by atoms with Crippen LogP contribution in [-0.4, -0.2) is 66.9 Å². The van der Waals surface area contributed by atoms with Crippen molar-refractivity contribution in [3.8, 4) is 0 Å². The van der Waals surface area contributed by atoms with Gasteiger partial charge in [0.05, 0.1) is 5.92 Å². The van der Waals surface area contributed by atoms with Crippen molar-refractivity contribution < 1.29 is 9.59 Å². The normalized spacial score (nSPS) is 24.2. The van der Waals surface area contributed by atoms with Gasteiger partial charge in [-0.2, -0.15) is 0 Å². The summed E-state index contributed by atoms with van der Waals surface area (Å²) in [6.07, 6.45) is 4.11. The van der Waals surface area contributed by atoms with Crippen molar-refractivity contribution in [1.29, 1.82) is 0 Å². The lowest BCUT2D eigenvalue weighted by Gasteiger charge is -2.35. The maximum absolute atomic E-state index is 12.3. The van der Waals surface area contributed by atoms with Gasteiger partial charge in [0.25, 0.3) is 0 Å². The zero-order valence-electron chi connectivity index (χ0n) is 11.4. The quantitative estimate of drug-likeness (QED) is 0.700. The van der Waals surface area contributed by atoms with Crippen LogP contribution in [0.25, 0.3) is 0 Å². The first-order chi connectivity index (χ1) is 8.59. The maximum Gasteiger partial charge on any atom is 0.319 e. The van der Waals surface area contributed by atoms with Gasteiger partial charge < -0.3 is 14.7 Å². The fraction of sp³-hybridized carbons (Fsp3) is 0.846. The Labute approximate surface area is 109 Å². The Morgan fingerprint density at radius 3 is 2.22 bits per heavy atom. The summed E-state index contributed by atoms with van der Waals surface area (Å²) in [4.78, 5) is 29.6. The molecule has 2 fully saturated rings. The van der Waals surface area contributed by atoms with Crippen molar-refractivity contribution in [1.82, 2.24) is 14.7 Å². The summed E-state index contributed by atoms with van der Waals surface area (Å²) in [5.41, 5.74) is 0. The molecule has 0 N–H and O–H groups in total. The van der Waals surface area contributed by atoms with E-state index in [2.05, 4.69) is 0 Å². The zero-order chi connectivity index (χ0) is 13.1. The molecule has 2 aliphatic heterocycles. The predicted molar refractivity (Wildman–Crippen MR) is 69.2 cm³/mol. The molecule has 1 atom stereocenters. The summed E-state index contributed by atoms with van der Waals surface area (Å²) in [7, 11) is 3.52. The summed E-state index contributed by atoms with van der Waals surface area (Å²) in [5, 5.41) is 0. The van der Waals surface area contributed by atoms with Crippen LogP contribution in [0.2, 0.25) is 0 Å². The number of rotatable bonds is 1. The molecule has 0 radical (unpaired) electrons. The topological polar surface area (TPSA) is 43.9 Å². The van der Waals surface area contributed by atoms with Gasteiger partial charge in [0.1, 0.15) is 0 Å². The second kappa shape index (κ2) is 5.59. The number of amides is 3. The Kier molecular flexibility index (Phi) is 4.09. The van der Waals surface area contributed by atoms with E-state index in [0.717, 1.165) is 45.3 Å². The van der Waals surface area contributed by atoms with Crippen LogP contribution in [0.1, 0.15) is 25.7 Å². The van der Waals surface area contributed by atoms with Crippen LogP contribution in [0.4, 0.5) is 4.79 Å². The highest BCUT2D eigenvalue weighted by Crippen LogP contribution is 2.21. The molecule has 0 aromatic heterocycles. The third kappa shape index (κ3) is 2.76. The highest BCUT2D eigenvalue weighted by molar-refractivity contribution is 5.81. The van der Waals surface area contributed by atoms with E-state index in [1.54, 1.807) is 19.0 Å². The Bertz CT molecular complexity index is 324. The maximum atomic E-state index is 12.3. The summed E-state index contributed by atoms with van der Waals surface area (Å²) in [6.45, 7) is 3.17. The molecule has 0 saturated carbocycles. The molecule has 0 bridgehead atoms. The average Bonchev–Trinajstić information content (AvgIpc) is 2.91. The smallest absolute Gasteiger partial charge is 0.319 e. The highest BCUT2D eigenvalue weighted by Gasteiger charge is 2.32. The molecule has 18 heavy (non-hydrogen) atoms. The lowest BCUT2D eigenvalue weighted by Crippen LogP contribution is -2.48. The van der Waals surface area contributed by atoms with E-state index in [4.69, 9.17) is 0 Å². The van der Waals surface area contributed by atoms with Crippen molar-refractivity contribution in [2.45, 2.75) is 25.7 Å². The minimum absolute atomic E-state index is 0.0146. The van der Waals surface area contributed by atoms with E-state index in [9.17, 15) is 9.59 Å². The van der Waals surface area contributed by atoms with Crippen LogP contribution in [0.5, 0.6) is 0 Å². The molecule has 2 aliphatic rings. The average molecular weight is 253 g/mol. The summed E-state index contributed by atoms with van der Waals surface area (Å²) in [6, 6.07) is 0.0221. The predicted octanol–water partition coefficient (Wildman–Crippen LogP) is 1.00. The van der Waals surface area contributed by atoms with Gasteiger partial charge in [0.15, 0.2) is 0 Å². The van der Waals surface area contributed by atoms with Gasteiger partial charge in [0, 0.05) is 40.3 Å².